The number of sulfonamides is 1. The minimum Gasteiger partial charge on any atom is -0.381 e. The number of alkyl halides is 1. The van der Waals surface area contributed by atoms with E-state index in [2.05, 4.69) is 15.9 Å². The molecule has 0 amide bonds. The van der Waals surface area contributed by atoms with Crippen LogP contribution in [0.2, 0.25) is 0 Å². The molecule has 0 aromatic rings. The minimum absolute atomic E-state index is 0.239. The summed E-state index contributed by atoms with van der Waals surface area (Å²) in [6.07, 6.45) is 2.12. The first-order valence-electron chi connectivity index (χ1n) is 5.75. The van der Waals surface area contributed by atoms with Crippen LogP contribution in [-0.2, 0) is 14.8 Å². The lowest BCUT2D eigenvalue weighted by atomic mass is 10.2. The Kier molecular flexibility index (Phi) is 6.25. The largest absolute Gasteiger partial charge is 0.381 e. The monoisotopic (exact) mass is 313 g/mol. The highest BCUT2D eigenvalue weighted by Gasteiger charge is 2.32. The molecule has 0 aliphatic carbocycles. The second-order valence-electron chi connectivity index (χ2n) is 3.89. The average Bonchev–Trinajstić information content (AvgIpc) is 2.31. The Morgan fingerprint density at radius 2 is 2.00 bits per heavy atom. The van der Waals surface area contributed by atoms with Gasteiger partial charge in [-0.3, -0.25) is 0 Å². The molecule has 1 aliphatic heterocycles. The second kappa shape index (κ2) is 6.93. The molecule has 0 aromatic heterocycles. The Morgan fingerprint density at radius 3 is 2.50 bits per heavy atom. The number of hydrogen-bond acceptors (Lipinski definition) is 3. The third-order valence-corrected chi connectivity index (χ3v) is 5.88. The maximum atomic E-state index is 12.3. The molecule has 96 valence electrons. The quantitative estimate of drug-likeness (QED) is 0.700. The highest BCUT2D eigenvalue weighted by Crippen LogP contribution is 2.19. The number of ether oxygens (including phenoxy) is 1. The molecular formula is C10H20BrNO3S. The highest BCUT2D eigenvalue weighted by molar-refractivity contribution is 9.09. The fourth-order valence-electron chi connectivity index (χ4n) is 1.89. The molecule has 1 saturated heterocycles. The maximum Gasteiger partial charge on any atom is 0.217 e. The smallest absolute Gasteiger partial charge is 0.217 e. The van der Waals surface area contributed by atoms with Gasteiger partial charge in [0, 0.05) is 31.6 Å². The molecule has 6 heteroatoms. The molecule has 1 heterocycles. The fourth-order valence-corrected chi connectivity index (χ4v) is 4.09. The van der Waals surface area contributed by atoms with Crippen LogP contribution in [0.1, 0.15) is 26.2 Å². The Morgan fingerprint density at radius 1 is 1.38 bits per heavy atom. The van der Waals surface area contributed by atoms with Gasteiger partial charge in [0.1, 0.15) is 0 Å². The van der Waals surface area contributed by atoms with E-state index in [0.29, 0.717) is 39.1 Å². The van der Waals surface area contributed by atoms with Crippen molar-refractivity contribution in [3.63, 3.8) is 0 Å². The molecule has 0 N–H and O–H groups in total. The van der Waals surface area contributed by atoms with Gasteiger partial charge >= 0.3 is 0 Å². The maximum absolute atomic E-state index is 12.3. The number of hydrogen-bond donors (Lipinski definition) is 0. The summed E-state index contributed by atoms with van der Waals surface area (Å²) in [6.45, 7) is 4.21. The van der Waals surface area contributed by atoms with Crippen LogP contribution in [0.15, 0.2) is 0 Å². The van der Waals surface area contributed by atoms with Crippen molar-refractivity contribution in [3.05, 3.63) is 0 Å². The summed E-state index contributed by atoms with van der Waals surface area (Å²) in [6, 6.07) is 0. The molecular weight excluding hydrogens is 294 g/mol. The van der Waals surface area contributed by atoms with Gasteiger partial charge in [-0.1, -0.05) is 22.9 Å². The third kappa shape index (κ3) is 3.68. The van der Waals surface area contributed by atoms with Gasteiger partial charge in [0.05, 0.1) is 5.25 Å². The molecule has 1 fully saturated rings. The van der Waals surface area contributed by atoms with Crippen LogP contribution in [0.25, 0.3) is 0 Å². The Hall–Kier alpha value is 0.350. The summed E-state index contributed by atoms with van der Waals surface area (Å²) in [7, 11) is -3.11. The van der Waals surface area contributed by atoms with Gasteiger partial charge in [0.2, 0.25) is 10.0 Å². The Balaban J connectivity index is 2.64. The molecule has 1 rings (SSSR count). The molecule has 0 spiro atoms. The standard InChI is InChI=1S/C10H20BrNO3S/c1-2-12(7-3-6-11)16(13,14)10-4-8-15-9-5-10/h10H,2-9H2,1H3. The van der Waals surface area contributed by atoms with Crippen LogP contribution in [0.5, 0.6) is 0 Å². The van der Waals surface area contributed by atoms with E-state index in [0.717, 1.165) is 11.8 Å². The lowest BCUT2D eigenvalue weighted by Gasteiger charge is -2.28. The van der Waals surface area contributed by atoms with E-state index >= 15 is 0 Å². The van der Waals surface area contributed by atoms with Crippen LogP contribution < -0.4 is 0 Å². The summed E-state index contributed by atoms with van der Waals surface area (Å²) in [4.78, 5) is 0. The van der Waals surface area contributed by atoms with Crippen LogP contribution in [-0.4, -0.2) is 49.6 Å². The van der Waals surface area contributed by atoms with E-state index in [1.165, 1.54) is 0 Å². The van der Waals surface area contributed by atoms with Crippen molar-refractivity contribution in [1.82, 2.24) is 4.31 Å². The summed E-state index contributed by atoms with van der Waals surface area (Å²) < 4.78 is 31.4. The van der Waals surface area contributed by atoms with Crippen molar-refractivity contribution in [1.29, 1.82) is 0 Å². The van der Waals surface area contributed by atoms with Crippen LogP contribution in [0, 0.1) is 0 Å². The molecule has 1 aliphatic rings. The first kappa shape index (κ1) is 14.4. The van der Waals surface area contributed by atoms with Gasteiger partial charge in [-0.2, -0.15) is 0 Å². The summed E-state index contributed by atoms with van der Waals surface area (Å²) in [5.41, 5.74) is 0. The molecule has 4 nitrogen and oxygen atoms in total. The van der Waals surface area contributed by atoms with E-state index in [4.69, 9.17) is 4.74 Å². The van der Waals surface area contributed by atoms with Crippen molar-refractivity contribution >= 4 is 26.0 Å². The van der Waals surface area contributed by atoms with Crippen molar-refractivity contribution in [2.24, 2.45) is 0 Å². The zero-order valence-corrected chi connectivity index (χ0v) is 12.1. The van der Waals surface area contributed by atoms with Crippen LogP contribution in [0.4, 0.5) is 0 Å². The fraction of sp³-hybridized carbons (Fsp3) is 1.00. The van der Waals surface area contributed by atoms with E-state index < -0.39 is 10.0 Å². The number of rotatable bonds is 6. The predicted molar refractivity (Wildman–Crippen MR) is 68.4 cm³/mol. The van der Waals surface area contributed by atoms with Crippen molar-refractivity contribution < 1.29 is 13.2 Å². The number of nitrogens with zero attached hydrogens (tertiary/aromatic N) is 1. The molecule has 0 unspecified atom stereocenters. The van der Waals surface area contributed by atoms with Gasteiger partial charge in [-0.25, -0.2) is 12.7 Å². The van der Waals surface area contributed by atoms with Gasteiger partial charge in [0.25, 0.3) is 0 Å². The minimum atomic E-state index is -3.11. The summed E-state index contributed by atoms with van der Waals surface area (Å²) in [5.74, 6) is 0. The Labute approximate surface area is 107 Å². The van der Waals surface area contributed by atoms with Crippen LogP contribution >= 0.6 is 15.9 Å². The van der Waals surface area contributed by atoms with E-state index in [-0.39, 0.29) is 5.25 Å². The molecule has 0 atom stereocenters. The third-order valence-electron chi connectivity index (χ3n) is 2.84. The molecule has 0 aromatic carbocycles. The molecule has 16 heavy (non-hydrogen) atoms. The molecule has 0 bridgehead atoms. The lowest BCUT2D eigenvalue weighted by Crippen LogP contribution is -2.41. The Bertz CT molecular complexity index is 288. The molecule has 0 radical (unpaired) electrons. The van der Waals surface area contributed by atoms with E-state index in [9.17, 15) is 8.42 Å². The summed E-state index contributed by atoms with van der Waals surface area (Å²) >= 11 is 3.33. The van der Waals surface area contributed by atoms with Crippen molar-refractivity contribution in [3.8, 4) is 0 Å². The topological polar surface area (TPSA) is 46.6 Å². The number of halogens is 1. The zero-order valence-electron chi connectivity index (χ0n) is 9.69. The normalized spacial score (nSPS) is 19.2. The van der Waals surface area contributed by atoms with Gasteiger partial charge in [0.15, 0.2) is 0 Å². The SMILES string of the molecule is CCN(CCCBr)S(=O)(=O)C1CCOCC1. The molecule has 0 saturated carbocycles. The summed E-state index contributed by atoms with van der Waals surface area (Å²) in [5, 5.41) is 0.601. The van der Waals surface area contributed by atoms with Gasteiger partial charge in [-0.05, 0) is 19.3 Å². The van der Waals surface area contributed by atoms with E-state index in [1.807, 2.05) is 6.92 Å². The van der Waals surface area contributed by atoms with Crippen LogP contribution in [0.3, 0.4) is 0 Å². The second-order valence-corrected chi connectivity index (χ2v) is 6.90. The average molecular weight is 314 g/mol. The van der Waals surface area contributed by atoms with Gasteiger partial charge < -0.3 is 4.74 Å². The first-order chi connectivity index (χ1) is 7.62. The van der Waals surface area contributed by atoms with Gasteiger partial charge in [-0.15, -0.1) is 0 Å². The lowest BCUT2D eigenvalue weighted by molar-refractivity contribution is 0.0972. The van der Waals surface area contributed by atoms with Crippen molar-refractivity contribution in [2.75, 3.05) is 31.6 Å². The first-order valence-corrected chi connectivity index (χ1v) is 8.38. The predicted octanol–water partition coefficient (Wildman–Crippen LogP) is 1.60. The van der Waals surface area contributed by atoms with Crippen molar-refractivity contribution in [2.45, 2.75) is 31.4 Å². The highest BCUT2D eigenvalue weighted by atomic mass is 79.9. The zero-order chi connectivity index (χ0) is 12.0. The van der Waals surface area contributed by atoms with E-state index in [1.54, 1.807) is 4.31 Å².